The van der Waals surface area contributed by atoms with E-state index in [1.165, 1.54) is 33.0 Å². The molecule has 0 aliphatic carbocycles. The lowest BCUT2D eigenvalue weighted by atomic mass is 9.87. The Balaban J connectivity index is 1.93. The number of fused-ring (bicyclic) bond motifs is 2. The van der Waals surface area contributed by atoms with Crippen LogP contribution in [0.5, 0.6) is 0 Å². The Kier molecular flexibility index (Phi) is 3.85. The molecule has 0 saturated carbocycles. The van der Waals surface area contributed by atoms with Crippen molar-refractivity contribution in [2.45, 2.75) is 39.3 Å². The third kappa shape index (κ3) is 2.60. The Labute approximate surface area is 158 Å². The minimum Gasteiger partial charge on any atom is -0.311 e. The smallest absolute Gasteiger partial charge is 0.117 e. The summed E-state index contributed by atoms with van der Waals surface area (Å²) in [6.45, 7) is 11.7. The minimum absolute atomic E-state index is 0.172. The molecule has 132 valence electrons. The van der Waals surface area contributed by atoms with E-state index in [9.17, 15) is 0 Å². The minimum atomic E-state index is -1.69. The van der Waals surface area contributed by atoms with E-state index in [0.29, 0.717) is 0 Å². The zero-order chi connectivity index (χ0) is 18.5. The summed E-state index contributed by atoms with van der Waals surface area (Å²) in [4.78, 5) is 2.44. The van der Waals surface area contributed by atoms with Gasteiger partial charge in [0, 0.05) is 17.1 Å². The fourth-order valence-electron chi connectivity index (χ4n) is 4.06. The monoisotopic (exact) mass is 357 g/mol. The second-order valence-corrected chi connectivity index (χ2v) is 13.1. The number of nitrogens with zero attached hydrogens (tertiary/aromatic N) is 1. The normalized spacial score (nSPS) is 15.3. The van der Waals surface area contributed by atoms with Gasteiger partial charge in [-0.3, -0.25) is 0 Å². The highest BCUT2D eigenvalue weighted by molar-refractivity contribution is 7.02. The standard InChI is InChI=1S/C24H27NSi/c1-24(2,3)18-14-16-19(17-15-18)25-20-10-6-8-12-22(20)26(4,5)23-13-9-7-11-21(23)25/h6-17H,1-5H3. The van der Waals surface area contributed by atoms with Crippen molar-refractivity contribution in [1.29, 1.82) is 0 Å². The molecular weight excluding hydrogens is 330 g/mol. The molecule has 1 aliphatic heterocycles. The first-order valence-electron chi connectivity index (χ1n) is 9.40. The Morgan fingerprint density at radius 2 is 1.12 bits per heavy atom. The van der Waals surface area contributed by atoms with Gasteiger partial charge in [-0.05, 0) is 45.6 Å². The number of benzene rings is 3. The lowest BCUT2D eigenvalue weighted by molar-refractivity contribution is 0.590. The molecule has 4 rings (SSSR count). The molecule has 3 aromatic carbocycles. The Bertz CT molecular complexity index is 899. The number of anilines is 3. The van der Waals surface area contributed by atoms with Gasteiger partial charge < -0.3 is 4.90 Å². The van der Waals surface area contributed by atoms with Gasteiger partial charge in [-0.2, -0.15) is 0 Å². The molecule has 3 aromatic rings. The third-order valence-corrected chi connectivity index (χ3v) is 9.17. The van der Waals surface area contributed by atoms with Crippen molar-refractivity contribution in [1.82, 2.24) is 0 Å². The molecule has 1 aliphatic rings. The van der Waals surface area contributed by atoms with E-state index in [4.69, 9.17) is 0 Å². The van der Waals surface area contributed by atoms with Crippen LogP contribution in [0.1, 0.15) is 26.3 Å². The summed E-state index contributed by atoms with van der Waals surface area (Å²) >= 11 is 0. The van der Waals surface area contributed by atoms with E-state index in [-0.39, 0.29) is 5.41 Å². The highest BCUT2D eigenvalue weighted by Crippen LogP contribution is 2.38. The first-order valence-corrected chi connectivity index (χ1v) is 12.4. The average Bonchev–Trinajstić information content (AvgIpc) is 2.62. The van der Waals surface area contributed by atoms with Crippen LogP contribution in [-0.4, -0.2) is 8.07 Å². The molecule has 26 heavy (non-hydrogen) atoms. The van der Waals surface area contributed by atoms with E-state index < -0.39 is 8.07 Å². The number of hydrogen-bond donors (Lipinski definition) is 0. The van der Waals surface area contributed by atoms with Gasteiger partial charge in [0.1, 0.15) is 8.07 Å². The van der Waals surface area contributed by atoms with Crippen molar-refractivity contribution in [2.75, 3.05) is 4.90 Å². The van der Waals surface area contributed by atoms with Crippen molar-refractivity contribution in [2.24, 2.45) is 0 Å². The zero-order valence-corrected chi connectivity index (χ0v) is 17.4. The second kappa shape index (κ2) is 5.85. The van der Waals surface area contributed by atoms with Gasteiger partial charge in [0.25, 0.3) is 0 Å². The van der Waals surface area contributed by atoms with Gasteiger partial charge in [0.2, 0.25) is 0 Å². The molecule has 0 amide bonds. The summed E-state index contributed by atoms with van der Waals surface area (Å²) in [5, 5.41) is 3.03. The van der Waals surface area contributed by atoms with Crippen LogP contribution in [0, 0.1) is 0 Å². The second-order valence-electron chi connectivity index (χ2n) is 8.79. The van der Waals surface area contributed by atoms with Gasteiger partial charge in [-0.25, -0.2) is 0 Å². The summed E-state index contributed by atoms with van der Waals surface area (Å²) in [6, 6.07) is 27.0. The summed E-state index contributed by atoms with van der Waals surface area (Å²) in [6.07, 6.45) is 0. The number of para-hydroxylation sites is 2. The van der Waals surface area contributed by atoms with Crippen molar-refractivity contribution in [3.63, 3.8) is 0 Å². The van der Waals surface area contributed by atoms with Crippen molar-refractivity contribution >= 4 is 35.5 Å². The molecule has 0 spiro atoms. The first-order chi connectivity index (χ1) is 12.3. The van der Waals surface area contributed by atoms with E-state index in [1.54, 1.807) is 0 Å². The van der Waals surface area contributed by atoms with E-state index in [0.717, 1.165) is 0 Å². The first kappa shape index (κ1) is 17.1. The molecule has 0 atom stereocenters. The van der Waals surface area contributed by atoms with Gasteiger partial charge in [0.15, 0.2) is 0 Å². The molecule has 1 heterocycles. The molecule has 0 unspecified atom stereocenters. The molecule has 1 nitrogen and oxygen atoms in total. The molecule has 0 N–H and O–H groups in total. The van der Waals surface area contributed by atoms with E-state index in [1.807, 2.05) is 0 Å². The van der Waals surface area contributed by atoms with Gasteiger partial charge >= 0.3 is 0 Å². The van der Waals surface area contributed by atoms with Crippen LogP contribution in [0.3, 0.4) is 0 Å². The molecule has 0 radical (unpaired) electrons. The van der Waals surface area contributed by atoms with Crippen LogP contribution in [0.25, 0.3) is 0 Å². The lowest BCUT2D eigenvalue weighted by Gasteiger charge is -2.41. The maximum absolute atomic E-state index is 2.46. The fraction of sp³-hybridized carbons (Fsp3) is 0.250. The highest BCUT2D eigenvalue weighted by Gasteiger charge is 2.38. The molecule has 0 fully saturated rings. The quantitative estimate of drug-likeness (QED) is 0.513. The van der Waals surface area contributed by atoms with E-state index in [2.05, 4.69) is 112 Å². The topological polar surface area (TPSA) is 3.24 Å². The zero-order valence-electron chi connectivity index (χ0n) is 16.4. The number of hydrogen-bond acceptors (Lipinski definition) is 1. The Morgan fingerprint density at radius 1 is 0.654 bits per heavy atom. The van der Waals surface area contributed by atoms with Crippen molar-refractivity contribution in [3.8, 4) is 0 Å². The van der Waals surface area contributed by atoms with Crippen LogP contribution in [0.4, 0.5) is 17.1 Å². The maximum Gasteiger partial charge on any atom is 0.117 e. The average molecular weight is 358 g/mol. The van der Waals surface area contributed by atoms with Crippen LogP contribution >= 0.6 is 0 Å². The molecule has 0 bridgehead atoms. The highest BCUT2D eigenvalue weighted by atomic mass is 28.3. The Morgan fingerprint density at radius 3 is 1.58 bits per heavy atom. The molecule has 0 aromatic heterocycles. The largest absolute Gasteiger partial charge is 0.311 e. The van der Waals surface area contributed by atoms with Crippen LogP contribution in [0.2, 0.25) is 13.1 Å². The van der Waals surface area contributed by atoms with Crippen molar-refractivity contribution < 1.29 is 0 Å². The SMILES string of the molecule is CC(C)(C)c1ccc(N2c3ccccc3[Si](C)(C)c3ccccc32)cc1. The fourth-order valence-corrected chi connectivity index (χ4v) is 7.04. The van der Waals surface area contributed by atoms with Gasteiger partial charge in [-0.1, -0.05) is 82.4 Å². The maximum atomic E-state index is 2.46. The summed E-state index contributed by atoms with van der Waals surface area (Å²) in [5.41, 5.74) is 5.46. The van der Waals surface area contributed by atoms with Crippen LogP contribution in [0.15, 0.2) is 72.8 Å². The summed E-state index contributed by atoms with van der Waals surface area (Å²) in [7, 11) is -1.69. The molecule has 2 heteroatoms. The Hall–Kier alpha value is -2.32. The summed E-state index contributed by atoms with van der Waals surface area (Å²) < 4.78 is 0. The summed E-state index contributed by atoms with van der Waals surface area (Å²) in [5.74, 6) is 0. The lowest BCUT2D eigenvalue weighted by Crippen LogP contribution is -2.58. The van der Waals surface area contributed by atoms with Crippen molar-refractivity contribution in [3.05, 3.63) is 78.4 Å². The predicted octanol–water partition coefficient (Wildman–Crippen LogP) is 5.59. The van der Waals surface area contributed by atoms with Gasteiger partial charge in [0.05, 0.1) is 0 Å². The van der Waals surface area contributed by atoms with Gasteiger partial charge in [-0.15, -0.1) is 0 Å². The molecular formula is C24H27NSi. The predicted molar refractivity (Wildman–Crippen MR) is 117 cm³/mol. The van der Waals surface area contributed by atoms with E-state index >= 15 is 0 Å². The molecule has 0 saturated heterocycles. The van der Waals surface area contributed by atoms with Crippen LogP contribution in [-0.2, 0) is 5.41 Å². The third-order valence-electron chi connectivity index (χ3n) is 5.63. The van der Waals surface area contributed by atoms with Crippen LogP contribution < -0.4 is 15.3 Å². The number of rotatable bonds is 1.